The molecule has 6 N–H and O–H groups in total. The standard InChI is InChI=1S/C23H20FN9O2.C2H4O2/c1-35-17-12-15(11-14(7-8-25)18(17)24)19(30-16-5-3-13(4-6-16)20(26)27)21-31-23(34)33(32-21)22-28-9-2-10-29-22;1-2(3)4/h2-6,9-12,19,30H,7H2,1H3,(H3,26,27)(H,31,32,34);1H3,(H,3,4)/t19-;/m0./s1. The van der Waals surface area contributed by atoms with E-state index in [1.54, 1.807) is 30.3 Å². The highest BCUT2D eigenvalue weighted by atomic mass is 19.1. The summed E-state index contributed by atoms with van der Waals surface area (Å²) in [6.45, 7) is 1.08. The predicted octanol–water partition coefficient (Wildman–Crippen LogP) is 2.14. The van der Waals surface area contributed by atoms with E-state index in [0.29, 0.717) is 16.8 Å². The van der Waals surface area contributed by atoms with Gasteiger partial charge in [-0.15, -0.1) is 9.78 Å². The molecule has 0 aliphatic heterocycles. The van der Waals surface area contributed by atoms with Crippen molar-refractivity contribution >= 4 is 17.5 Å². The molecule has 0 aliphatic rings. The molecule has 0 fully saturated rings. The fourth-order valence-electron chi connectivity index (χ4n) is 3.44. The summed E-state index contributed by atoms with van der Waals surface area (Å²) in [5, 5.41) is 31.7. The van der Waals surface area contributed by atoms with Crippen molar-refractivity contribution in [2.45, 2.75) is 19.4 Å². The maximum atomic E-state index is 14.7. The second-order valence-corrected chi connectivity index (χ2v) is 7.89. The van der Waals surface area contributed by atoms with E-state index in [1.807, 2.05) is 6.07 Å². The molecule has 0 saturated carbocycles. The summed E-state index contributed by atoms with van der Waals surface area (Å²) >= 11 is 0. The number of H-pyrrole nitrogens is 1. The van der Waals surface area contributed by atoms with Gasteiger partial charge in [0, 0.05) is 36.1 Å². The van der Waals surface area contributed by atoms with Crippen LogP contribution in [0.3, 0.4) is 0 Å². The van der Waals surface area contributed by atoms with Gasteiger partial charge in [-0.3, -0.25) is 15.2 Å². The Morgan fingerprint density at radius 1 is 1.31 bits per heavy atom. The van der Waals surface area contributed by atoms with Gasteiger partial charge >= 0.3 is 5.69 Å². The van der Waals surface area contributed by atoms with Gasteiger partial charge in [0.25, 0.3) is 11.9 Å². The Kier molecular flexibility index (Phi) is 9.04. The Balaban J connectivity index is 0.000000983. The number of nitrogens with zero attached hydrogens (tertiary/aromatic N) is 5. The zero-order valence-electron chi connectivity index (χ0n) is 20.8. The number of ether oxygens (including phenoxy) is 1. The molecule has 0 radical (unpaired) electrons. The largest absolute Gasteiger partial charge is 0.494 e. The number of hydrogen-bond donors (Lipinski definition) is 5. The fraction of sp³-hybridized carbons (Fsp3) is 0.160. The number of hydrogen-bond acceptors (Lipinski definition) is 9. The summed E-state index contributed by atoms with van der Waals surface area (Å²) < 4.78 is 20.9. The van der Waals surface area contributed by atoms with E-state index in [-0.39, 0.29) is 35.3 Å². The molecule has 200 valence electrons. The quantitative estimate of drug-likeness (QED) is 0.165. The van der Waals surface area contributed by atoms with Crippen molar-refractivity contribution in [1.29, 1.82) is 10.7 Å². The average molecular weight is 534 g/mol. The number of nitrogens with one attached hydrogen (secondary N) is 3. The molecule has 2 heterocycles. The maximum Gasteiger partial charge on any atom is 0.350 e. The third-order valence-electron chi connectivity index (χ3n) is 5.12. The van der Waals surface area contributed by atoms with Crippen molar-refractivity contribution in [1.82, 2.24) is 24.7 Å². The number of anilines is 1. The minimum absolute atomic E-state index is 0.0559. The van der Waals surface area contributed by atoms with Crippen LogP contribution in [0, 0.1) is 22.6 Å². The number of carboxylic acids is 1. The lowest BCUT2D eigenvalue weighted by molar-refractivity contribution is -0.134. The number of aliphatic carboxylic acids is 1. The number of nitrogens with two attached hydrogens (primary N) is 1. The van der Waals surface area contributed by atoms with Gasteiger partial charge in [0.2, 0.25) is 0 Å². The zero-order valence-corrected chi connectivity index (χ0v) is 20.8. The SMILES string of the molecule is CC(=O)O.COc1cc([C@H](Nc2ccc(C(=N)N)cc2)c2nn(-c3ncccn3)c(=O)[nH]2)cc(CC#N)c1F. The zero-order chi connectivity index (χ0) is 28.5. The molecule has 0 spiro atoms. The number of nitrogen functional groups attached to an aromatic ring is 1. The minimum atomic E-state index is -0.833. The first-order valence-corrected chi connectivity index (χ1v) is 11.2. The third kappa shape index (κ3) is 7.01. The molecule has 2 aromatic heterocycles. The van der Waals surface area contributed by atoms with Crippen molar-refractivity contribution in [3.8, 4) is 17.8 Å². The second kappa shape index (κ2) is 12.6. The van der Waals surface area contributed by atoms with Crippen LogP contribution in [-0.4, -0.2) is 48.8 Å². The van der Waals surface area contributed by atoms with Gasteiger partial charge in [-0.05, 0) is 48.0 Å². The van der Waals surface area contributed by atoms with Gasteiger partial charge in [0.1, 0.15) is 11.9 Å². The van der Waals surface area contributed by atoms with E-state index >= 15 is 0 Å². The Labute approximate surface area is 221 Å². The molecule has 0 saturated heterocycles. The Hall–Kier alpha value is -5.58. The highest BCUT2D eigenvalue weighted by Gasteiger charge is 2.24. The van der Waals surface area contributed by atoms with Crippen LogP contribution in [0.25, 0.3) is 5.95 Å². The number of amidine groups is 1. The van der Waals surface area contributed by atoms with Crippen molar-refractivity contribution in [3.05, 3.63) is 93.7 Å². The summed E-state index contributed by atoms with van der Waals surface area (Å²) in [7, 11) is 1.32. The van der Waals surface area contributed by atoms with E-state index in [9.17, 15) is 9.18 Å². The lowest BCUT2D eigenvalue weighted by Crippen LogP contribution is -2.18. The highest BCUT2D eigenvalue weighted by Crippen LogP contribution is 2.31. The second-order valence-electron chi connectivity index (χ2n) is 7.89. The van der Waals surface area contributed by atoms with Crippen molar-refractivity contribution in [2.24, 2.45) is 5.73 Å². The predicted molar refractivity (Wildman–Crippen MR) is 138 cm³/mol. The van der Waals surface area contributed by atoms with Crippen LogP contribution in [0.15, 0.2) is 59.7 Å². The van der Waals surface area contributed by atoms with Gasteiger partial charge < -0.3 is 20.9 Å². The van der Waals surface area contributed by atoms with E-state index in [0.717, 1.165) is 11.6 Å². The highest BCUT2D eigenvalue weighted by molar-refractivity contribution is 5.95. The molecule has 1 atom stereocenters. The van der Waals surface area contributed by atoms with Crippen LogP contribution in [0.5, 0.6) is 5.75 Å². The lowest BCUT2D eigenvalue weighted by Gasteiger charge is -2.20. The average Bonchev–Trinajstić information content (AvgIpc) is 3.30. The first-order chi connectivity index (χ1) is 18.6. The molecular formula is C25H24FN9O4. The van der Waals surface area contributed by atoms with Crippen LogP contribution in [0.1, 0.15) is 35.5 Å². The summed E-state index contributed by atoms with van der Waals surface area (Å²) in [5.74, 6) is -1.34. The maximum absolute atomic E-state index is 14.7. The number of carboxylic acid groups (broad SMARTS) is 1. The van der Waals surface area contributed by atoms with E-state index in [2.05, 4.69) is 25.4 Å². The first kappa shape index (κ1) is 28.0. The number of aromatic amines is 1. The molecule has 0 unspecified atom stereocenters. The lowest BCUT2D eigenvalue weighted by atomic mass is 10.00. The number of nitriles is 1. The fourth-order valence-corrected chi connectivity index (χ4v) is 3.44. The van der Waals surface area contributed by atoms with Crippen LogP contribution >= 0.6 is 0 Å². The van der Waals surface area contributed by atoms with Gasteiger partial charge in [-0.25, -0.2) is 19.2 Å². The minimum Gasteiger partial charge on any atom is -0.494 e. The van der Waals surface area contributed by atoms with E-state index in [4.69, 9.17) is 31.0 Å². The Morgan fingerprint density at radius 2 is 1.95 bits per heavy atom. The molecule has 13 nitrogen and oxygen atoms in total. The van der Waals surface area contributed by atoms with Gasteiger partial charge in [0.15, 0.2) is 17.4 Å². The third-order valence-corrected chi connectivity index (χ3v) is 5.12. The number of aromatic nitrogens is 5. The van der Waals surface area contributed by atoms with Crippen molar-refractivity contribution < 1.29 is 19.0 Å². The smallest absolute Gasteiger partial charge is 0.350 e. The Bertz CT molecular complexity index is 1560. The summed E-state index contributed by atoms with van der Waals surface area (Å²) in [6.07, 6.45) is 2.78. The van der Waals surface area contributed by atoms with Crippen LogP contribution in [-0.2, 0) is 11.2 Å². The number of halogens is 1. The first-order valence-electron chi connectivity index (χ1n) is 11.2. The molecule has 4 rings (SSSR count). The number of benzene rings is 2. The van der Waals surface area contributed by atoms with Crippen LogP contribution in [0.2, 0.25) is 0 Å². The number of methoxy groups -OCH3 is 1. The Morgan fingerprint density at radius 3 is 2.51 bits per heavy atom. The van der Waals surface area contributed by atoms with E-state index < -0.39 is 23.5 Å². The number of carbonyl (C=O) groups is 1. The normalized spacial score (nSPS) is 10.9. The molecule has 14 heteroatoms. The van der Waals surface area contributed by atoms with Gasteiger partial charge in [-0.2, -0.15) is 5.26 Å². The summed E-state index contributed by atoms with van der Waals surface area (Å²) in [4.78, 5) is 32.5. The summed E-state index contributed by atoms with van der Waals surface area (Å²) in [6, 6.07) is 12.5. The molecule has 0 aliphatic carbocycles. The summed E-state index contributed by atoms with van der Waals surface area (Å²) in [5.41, 5.74) is 6.72. The molecule has 39 heavy (non-hydrogen) atoms. The van der Waals surface area contributed by atoms with Crippen molar-refractivity contribution in [3.63, 3.8) is 0 Å². The molecule has 0 amide bonds. The van der Waals surface area contributed by atoms with Crippen LogP contribution < -0.4 is 21.5 Å². The molecule has 0 bridgehead atoms. The van der Waals surface area contributed by atoms with Crippen LogP contribution in [0.4, 0.5) is 10.1 Å². The van der Waals surface area contributed by atoms with Crippen molar-refractivity contribution in [2.75, 3.05) is 12.4 Å². The topological polar surface area (TPSA) is 209 Å². The number of rotatable bonds is 8. The van der Waals surface area contributed by atoms with E-state index in [1.165, 1.54) is 31.6 Å². The monoisotopic (exact) mass is 533 g/mol. The van der Waals surface area contributed by atoms with Gasteiger partial charge in [-0.1, -0.05) is 0 Å². The molecule has 2 aromatic carbocycles. The molecular weight excluding hydrogens is 509 g/mol. The van der Waals surface area contributed by atoms with Gasteiger partial charge in [0.05, 0.1) is 19.6 Å². The molecule has 4 aromatic rings.